The molecule has 18 heavy (non-hydrogen) atoms. The summed E-state index contributed by atoms with van der Waals surface area (Å²) in [5, 5.41) is 3.45. The third kappa shape index (κ3) is 3.34. The van der Waals surface area contributed by atoms with Gasteiger partial charge in [0.2, 0.25) is 0 Å². The zero-order valence-corrected chi connectivity index (χ0v) is 13.2. The van der Waals surface area contributed by atoms with E-state index in [0.29, 0.717) is 5.54 Å². The molecule has 3 heteroatoms. The van der Waals surface area contributed by atoms with Crippen molar-refractivity contribution in [1.29, 1.82) is 0 Å². The summed E-state index contributed by atoms with van der Waals surface area (Å²) in [7, 11) is 2.08. The fraction of sp³-hybridized carbons (Fsp3) is 0.600. The van der Waals surface area contributed by atoms with Crippen LogP contribution in [0.1, 0.15) is 30.9 Å². The lowest BCUT2D eigenvalue weighted by Crippen LogP contribution is -2.49. The van der Waals surface area contributed by atoms with Crippen molar-refractivity contribution < 1.29 is 0 Å². The largest absolute Gasteiger partial charge is 0.314 e. The molecule has 0 atom stereocenters. The number of nitrogens with one attached hydrogen (secondary N) is 1. The molecule has 0 amide bonds. The third-order valence-corrected chi connectivity index (χ3v) is 5.06. The lowest BCUT2D eigenvalue weighted by Gasteiger charge is -2.39. The van der Waals surface area contributed by atoms with Crippen LogP contribution in [0.5, 0.6) is 0 Å². The van der Waals surface area contributed by atoms with E-state index < -0.39 is 0 Å². The number of piperidine rings is 1. The molecule has 0 radical (unpaired) electrons. The van der Waals surface area contributed by atoms with Gasteiger partial charge < -0.3 is 5.32 Å². The lowest BCUT2D eigenvalue weighted by molar-refractivity contribution is 0.146. The molecule has 1 fully saturated rings. The number of hydrogen-bond acceptors (Lipinski definition) is 2. The van der Waals surface area contributed by atoms with Gasteiger partial charge in [0.1, 0.15) is 0 Å². The van der Waals surface area contributed by atoms with Gasteiger partial charge in [-0.05, 0) is 50.9 Å². The Labute approximate surface area is 119 Å². The zero-order chi connectivity index (χ0) is 13.2. The van der Waals surface area contributed by atoms with Crippen LogP contribution in [-0.2, 0) is 6.54 Å². The zero-order valence-electron chi connectivity index (χ0n) is 11.6. The lowest BCUT2D eigenvalue weighted by atomic mass is 9.90. The number of hydrogen-bond donors (Lipinski definition) is 1. The molecular weight excluding hydrogens is 288 g/mol. The molecule has 1 N–H and O–H groups in total. The number of nitrogens with zero attached hydrogens (tertiary/aromatic N) is 1. The average molecular weight is 311 g/mol. The van der Waals surface area contributed by atoms with E-state index in [-0.39, 0.29) is 0 Å². The van der Waals surface area contributed by atoms with Crippen molar-refractivity contribution in [3.8, 4) is 0 Å². The highest BCUT2D eigenvalue weighted by Crippen LogP contribution is 2.24. The van der Waals surface area contributed by atoms with Crippen molar-refractivity contribution in [3.05, 3.63) is 33.8 Å². The summed E-state index contributed by atoms with van der Waals surface area (Å²) in [6, 6.07) is 6.69. The Hall–Kier alpha value is -0.380. The maximum atomic E-state index is 3.61. The standard InChI is InChI=1S/C15H23BrN2/c1-12-4-5-13(10-14(12)16)11-18-8-6-15(2,17-3)7-9-18/h4-5,10,17H,6-9,11H2,1-3H3. The molecule has 0 unspecified atom stereocenters. The Bertz CT molecular complexity index is 409. The minimum atomic E-state index is 0.338. The van der Waals surface area contributed by atoms with E-state index in [1.165, 1.54) is 41.5 Å². The predicted molar refractivity (Wildman–Crippen MR) is 80.9 cm³/mol. The van der Waals surface area contributed by atoms with Crippen LogP contribution in [0.2, 0.25) is 0 Å². The number of likely N-dealkylation sites (tertiary alicyclic amines) is 1. The molecule has 2 rings (SSSR count). The van der Waals surface area contributed by atoms with Gasteiger partial charge >= 0.3 is 0 Å². The average Bonchev–Trinajstić information content (AvgIpc) is 2.37. The second-order valence-corrected chi connectivity index (χ2v) is 6.52. The number of aryl methyl sites for hydroxylation is 1. The van der Waals surface area contributed by atoms with Crippen LogP contribution in [0.15, 0.2) is 22.7 Å². The van der Waals surface area contributed by atoms with Crippen LogP contribution in [0, 0.1) is 6.92 Å². The first-order valence-corrected chi connectivity index (χ1v) is 7.48. The van der Waals surface area contributed by atoms with Crippen LogP contribution >= 0.6 is 15.9 Å². The minimum absolute atomic E-state index is 0.338. The Morgan fingerprint density at radius 1 is 1.33 bits per heavy atom. The molecule has 1 aromatic carbocycles. The van der Waals surface area contributed by atoms with E-state index >= 15 is 0 Å². The van der Waals surface area contributed by atoms with E-state index in [4.69, 9.17) is 0 Å². The van der Waals surface area contributed by atoms with Gasteiger partial charge in [0.15, 0.2) is 0 Å². The van der Waals surface area contributed by atoms with Crippen molar-refractivity contribution >= 4 is 15.9 Å². The molecule has 0 bridgehead atoms. The van der Waals surface area contributed by atoms with Gasteiger partial charge in [-0.1, -0.05) is 28.1 Å². The van der Waals surface area contributed by atoms with Crippen LogP contribution in [0.4, 0.5) is 0 Å². The van der Waals surface area contributed by atoms with Crippen molar-refractivity contribution in [2.45, 2.75) is 38.8 Å². The molecule has 0 saturated carbocycles. The Morgan fingerprint density at radius 2 is 2.00 bits per heavy atom. The van der Waals surface area contributed by atoms with Gasteiger partial charge in [0.25, 0.3) is 0 Å². The predicted octanol–water partition coefficient (Wildman–Crippen LogP) is 3.33. The molecule has 1 aliphatic rings. The van der Waals surface area contributed by atoms with Gasteiger partial charge in [0.05, 0.1) is 0 Å². The van der Waals surface area contributed by atoms with Gasteiger partial charge in [-0.3, -0.25) is 4.90 Å². The van der Waals surface area contributed by atoms with Crippen molar-refractivity contribution in [2.24, 2.45) is 0 Å². The van der Waals surface area contributed by atoms with E-state index in [9.17, 15) is 0 Å². The van der Waals surface area contributed by atoms with Gasteiger partial charge in [-0.2, -0.15) is 0 Å². The number of rotatable bonds is 3. The summed E-state index contributed by atoms with van der Waals surface area (Å²) in [6.45, 7) is 7.89. The molecular formula is C15H23BrN2. The first-order chi connectivity index (χ1) is 8.52. The van der Waals surface area contributed by atoms with Gasteiger partial charge in [-0.15, -0.1) is 0 Å². The highest BCUT2D eigenvalue weighted by atomic mass is 79.9. The highest BCUT2D eigenvalue weighted by Gasteiger charge is 2.27. The fourth-order valence-corrected chi connectivity index (χ4v) is 2.87. The molecule has 0 aliphatic carbocycles. The summed E-state index contributed by atoms with van der Waals surface area (Å²) in [5.41, 5.74) is 3.05. The molecule has 0 spiro atoms. The van der Waals surface area contributed by atoms with Crippen LogP contribution in [0.25, 0.3) is 0 Å². The smallest absolute Gasteiger partial charge is 0.0234 e. The third-order valence-electron chi connectivity index (χ3n) is 4.21. The maximum Gasteiger partial charge on any atom is 0.0234 e. The summed E-state index contributed by atoms with van der Waals surface area (Å²) < 4.78 is 1.22. The Morgan fingerprint density at radius 3 is 2.56 bits per heavy atom. The first-order valence-electron chi connectivity index (χ1n) is 6.69. The fourth-order valence-electron chi connectivity index (χ4n) is 2.45. The van der Waals surface area contributed by atoms with Gasteiger partial charge in [-0.25, -0.2) is 0 Å². The Kier molecular flexibility index (Phi) is 4.46. The quantitative estimate of drug-likeness (QED) is 0.921. The van der Waals surface area contributed by atoms with Crippen molar-refractivity contribution in [3.63, 3.8) is 0 Å². The molecule has 1 saturated heterocycles. The van der Waals surface area contributed by atoms with E-state index in [0.717, 1.165) is 6.54 Å². The number of halogens is 1. The van der Waals surface area contributed by atoms with Crippen molar-refractivity contribution in [1.82, 2.24) is 10.2 Å². The van der Waals surface area contributed by atoms with E-state index in [1.54, 1.807) is 0 Å². The van der Waals surface area contributed by atoms with Gasteiger partial charge in [0, 0.05) is 29.6 Å². The summed E-state index contributed by atoms with van der Waals surface area (Å²) in [5.74, 6) is 0. The SMILES string of the molecule is CNC1(C)CCN(Cc2ccc(C)c(Br)c2)CC1. The van der Waals surface area contributed by atoms with Crippen LogP contribution in [-0.4, -0.2) is 30.6 Å². The summed E-state index contributed by atoms with van der Waals surface area (Å²) >= 11 is 3.61. The number of benzene rings is 1. The van der Waals surface area contributed by atoms with Crippen LogP contribution in [0.3, 0.4) is 0 Å². The minimum Gasteiger partial charge on any atom is -0.314 e. The molecule has 1 aromatic rings. The normalized spacial score (nSPS) is 20.0. The Balaban J connectivity index is 1.93. The monoisotopic (exact) mass is 310 g/mol. The second kappa shape index (κ2) is 5.72. The topological polar surface area (TPSA) is 15.3 Å². The first kappa shape index (κ1) is 14.0. The molecule has 100 valence electrons. The van der Waals surface area contributed by atoms with Crippen molar-refractivity contribution in [2.75, 3.05) is 20.1 Å². The molecule has 2 nitrogen and oxygen atoms in total. The summed E-state index contributed by atoms with van der Waals surface area (Å²) in [6.07, 6.45) is 2.47. The summed E-state index contributed by atoms with van der Waals surface area (Å²) in [4.78, 5) is 2.55. The van der Waals surface area contributed by atoms with Crippen LogP contribution < -0.4 is 5.32 Å². The highest BCUT2D eigenvalue weighted by molar-refractivity contribution is 9.10. The molecule has 0 aromatic heterocycles. The van der Waals surface area contributed by atoms with E-state index in [2.05, 4.69) is 65.2 Å². The molecule has 1 heterocycles. The molecule has 1 aliphatic heterocycles. The van der Waals surface area contributed by atoms with E-state index in [1.807, 2.05) is 0 Å². The maximum absolute atomic E-state index is 3.61. The second-order valence-electron chi connectivity index (χ2n) is 5.67.